The smallest absolute Gasteiger partial charge is 0.218 e. The minimum absolute atomic E-state index is 0.386. The van der Waals surface area contributed by atoms with Crippen LogP contribution < -0.4 is 15.4 Å². The minimum atomic E-state index is 0.386. The Hall–Kier alpha value is -1.36. The van der Waals surface area contributed by atoms with Gasteiger partial charge in [0.1, 0.15) is 12.1 Å². The number of nitrogens with two attached hydrogens (primary N) is 1. The van der Waals surface area contributed by atoms with Gasteiger partial charge in [0.2, 0.25) is 5.88 Å². The first-order valence-corrected chi connectivity index (χ1v) is 6.18. The van der Waals surface area contributed by atoms with Crippen molar-refractivity contribution in [1.82, 2.24) is 9.97 Å². The molecule has 5 heteroatoms. The number of rotatable bonds is 3. The van der Waals surface area contributed by atoms with E-state index < -0.39 is 0 Å². The van der Waals surface area contributed by atoms with Crippen LogP contribution in [0.2, 0.25) is 0 Å². The third kappa shape index (κ3) is 2.85. The molecule has 0 bridgehead atoms. The fourth-order valence-corrected chi connectivity index (χ4v) is 2.32. The first kappa shape index (κ1) is 12.1. The fourth-order valence-electron chi connectivity index (χ4n) is 2.32. The second-order valence-corrected chi connectivity index (χ2v) is 4.35. The Labute approximate surface area is 102 Å². The van der Waals surface area contributed by atoms with Crippen molar-refractivity contribution in [3.8, 4) is 5.88 Å². The van der Waals surface area contributed by atoms with E-state index in [4.69, 9.17) is 10.5 Å². The highest BCUT2D eigenvalue weighted by molar-refractivity contribution is 5.42. The van der Waals surface area contributed by atoms with Crippen LogP contribution in [0.4, 0.5) is 5.82 Å². The van der Waals surface area contributed by atoms with E-state index in [0.717, 1.165) is 18.8 Å². The molecule has 0 spiro atoms. The Morgan fingerprint density at radius 1 is 1.41 bits per heavy atom. The van der Waals surface area contributed by atoms with Crippen LogP contribution in [0.1, 0.15) is 25.7 Å². The molecule has 0 saturated carbocycles. The van der Waals surface area contributed by atoms with Gasteiger partial charge in [-0.15, -0.1) is 0 Å². The molecular formula is C12H20N4O. The molecule has 5 nitrogen and oxygen atoms in total. The second kappa shape index (κ2) is 5.82. The maximum Gasteiger partial charge on any atom is 0.218 e. The number of ether oxygens (including phenoxy) is 1. The maximum atomic E-state index is 5.85. The van der Waals surface area contributed by atoms with Crippen LogP contribution in [-0.2, 0) is 0 Å². The maximum absolute atomic E-state index is 5.85. The monoisotopic (exact) mass is 236 g/mol. The SMILES string of the molecule is COc1cc(N2CCCCCC2CN)ncn1. The summed E-state index contributed by atoms with van der Waals surface area (Å²) in [5, 5.41) is 0. The summed E-state index contributed by atoms with van der Waals surface area (Å²) < 4.78 is 5.14. The third-order valence-electron chi connectivity index (χ3n) is 3.28. The van der Waals surface area contributed by atoms with Gasteiger partial charge < -0.3 is 15.4 Å². The van der Waals surface area contributed by atoms with Crippen molar-refractivity contribution < 1.29 is 4.74 Å². The molecule has 2 rings (SSSR count). The van der Waals surface area contributed by atoms with Gasteiger partial charge in [0.15, 0.2) is 0 Å². The Bertz CT molecular complexity index is 358. The number of methoxy groups -OCH3 is 1. The zero-order valence-corrected chi connectivity index (χ0v) is 10.3. The lowest BCUT2D eigenvalue weighted by atomic mass is 10.1. The lowest BCUT2D eigenvalue weighted by Crippen LogP contribution is -2.40. The van der Waals surface area contributed by atoms with E-state index in [9.17, 15) is 0 Å². The summed E-state index contributed by atoms with van der Waals surface area (Å²) in [5.74, 6) is 1.53. The fraction of sp³-hybridized carbons (Fsp3) is 0.667. The normalized spacial score (nSPS) is 21.1. The molecule has 1 atom stereocenters. The third-order valence-corrected chi connectivity index (χ3v) is 3.28. The zero-order chi connectivity index (χ0) is 12.1. The van der Waals surface area contributed by atoms with E-state index in [-0.39, 0.29) is 0 Å². The lowest BCUT2D eigenvalue weighted by Gasteiger charge is -2.30. The largest absolute Gasteiger partial charge is 0.481 e. The summed E-state index contributed by atoms with van der Waals surface area (Å²) in [5.41, 5.74) is 5.85. The standard InChI is InChI=1S/C12H20N4O/c1-17-12-7-11(14-9-15-12)16-6-4-2-3-5-10(16)8-13/h7,9-10H,2-6,8,13H2,1H3. The molecule has 1 aromatic heterocycles. The molecule has 2 N–H and O–H groups in total. The van der Waals surface area contributed by atoms with Crippen molar-refractivity contribution in [2.24, 2.45) is 5.73 Å². The van der Waals surface area contributed by atoms with E-state index in [2.05, 4.69) is 14.9 Å². The van der Waals surface area contributed by atoms with Gasteiger partial charge in [0.05, 0.1) is 7.11 Å². The van der Waals surface area contributed by atoms with Crippen LogP contribution >= 0.6 is 0 Å². The van der Waals surface area contributed by atoms with Gasteiger partial charge in [0.25, 0.3) is 0 Å². The summed E-state index contributed by atoms with van der Waals surface area (Å²) in [7, 11) is 1.62. The second-order valence-electron chi connectivity index (χ2n) is 4.35. The molecule has 0 radical (unpaired) electrons. The van der Waals surface area contributed by atoms with Crippen molar-refractivity contribution in [2.75, 3.05) is 25.1 Å². The molecule has 0 aliphatic carbocycles. The predicted molar refractivity (Wildman–Crippen MR) is 67.2 cm³/mol. The van der Waals surface area contributed by atoms with Crippen LogP contribution in [0.5, 0.6) is 5.88 Å². The highest BCUT2D eigenvalue weighted by atomic mass is 16.5. The summed E-state index contributed by atoms with van der Waals surface area (Å²) in [6, 6.07) is 2.27. The molecule has 0 amide bonds. The van der Waals surface area contributed by atoms with Crippen molar-refractivity contribution in [1.29, 1.82) is 0 Å². The van der Waals surface area contributed by atoms with E-state index in [0.29, 0.717) is 18.5 Å². The number of nitrogens with zero attached hydrogens (tertiary/aromatic N) is 3. The summed E-state index contributed by atoms with van der Waals surface area (Å²) in [6.45, 7) is 1.69. The molecule has 1 saturated heterocycles. The Balaban J connectivity index is 2.21. The lowest BCUT2D eigenvalue weighted by molar-refractivity contribution is 0.396. The van der Waals surface area contributed by atoms with Crippen LogP contribution in [0.3, 0.4) is 0 Å². The quantitative estimate of drug-likeness (QED) is 0.854. The van der Waals surface area contributed by atoms with Gasteiger partial charge in [-0.1, -0.05) is 12.8 Å². The van der Waals surface area contributed by atoms with Crippen molar-refractivity contribution in [3.63, 3.8) is 0 Å². The molecule has 1 aromatic rings. The summed E-state index contributed by atoms with van der Waals surface area (Å²) >= 11 is 0. The van der Waals surface area contributed by atoms with E-state index >= 15 is 0 Å². The first-order chi connectivity index (χ1) is 8.35. The highest BCUT2D eigenvalue weighted by Gasteiger charge is 2.21. The molecule has 2 heterocycles. The summed E-state index contributed by atoms with van der Waals surface area (Å²) in [6.07, 6.45) is 6.41. The van der Waals surface area contributed by atoms with Gasteiger partial charge >= 0.3 is 0 Å². The average Bonchev–Trinajstić information content (AvgIpc) is 2.63. The molecular weight excluding hydrogens is 216 g/mol. The van der Waals surface area contributed by atoms with Crippen LogP contribution in [0.15, 0.2) is 12.4 Å². The van der Waals surface area contributed by atoms with Gasteiger partial charge in [-0.25, -0.2) is 9.97 Å². The number of anilines is 1. The van der Waals surface area contributed by atoms with Crippen molar-refractivity contribution in [2.45, 2.75) is 31.7 Å². The minimum Gasteiger partial charge on any atom is -0.481 e. The topological polar surface area (TPSA) is 64.3 Å². The van der Waals surface area contributed by atoms with Gasteiger partial charge in [-0.3, -0.25) is 0 Å². The zero-order valence-electron chi connectivity index (χ0n) is 10.3. The predicted octanol–water partition coefficient (Wildman–Crippen LogP) is 1.19. The van der Waals surface area contributed by atoms with Crippen LogP contribution in [-0.4, -0.2) is 36.2 Å². The number of aromatic nitrogens is 2. The Morgan fingerprint density at radius 2 is 2.29 bits per heavy atom. The van der Waals surface area contributed by atoms with Gasteiger partial charge in [-0.05, 0) is 12.8 Å². The molecule has 1 aliphatic heterocycles. The molecule has 94 valence electrons. The van der Waals surface area contributed by atoms with E-state index in [1.807, 2.05) is 6.07 Å². The first-order valence-electron chi connectivity index (χ1n) is 6.18. The molecule has 1 aliphatic rings. The van der Waals surface area contributed by atoms with E-state index in [1.165, 1.54) is 19.3 Å². The molecule has 1 fully saturated rings. The Morgan fingerprint density at radius 3 is 3.06 bits per heavy atom. The number of hydrogen-bond acceptors (Lipinski definition) is 5. The average molecular weight is 236 g/mol. The van der Waals surface area contributed by atoms with E-state index in [1.54, 1.807) is 13.4 Å². The summed E-state index contributed by atoms with van der Waals surface area (Å²) in [4.78, 5) is 10.7. The van der Waals surface area contributed by atoms with Crippen molar-refractivity contribution >= 4 is 5.82 Å². The van der Waals surface area contributed by atoms with Gasteiger partial charge in [0, 0.05) is 25.2 Å². The molecule has 0 aromatic carbocycles. The Kier molecular flexibility index (Phi) is 4.14. The highest BCUT2D eigenvalue weighted by Crippen LogP contribution is 2.23. The van der Waals surface area contributed by atoms with Gasteiger partial charge in [-0.2, -0.15) is 0 Å². The van der Waals surface area contributed by atoms with Crippen molar-refractivity contribution in [3.05, 3.63) is 12.4 Å². The number of hydrogen-bond donors (Lipinski definition) is 1. The van der Waals surface area contributed by atoms with Crippen LogP contribution in [0.25, 0.3) is 0 Å². The molecule has 17 heavy (non-hydrogen) atoms. The molecule has 1 unspecified atom stereocenters. The van der Waals surface area contributed by atoms with Crippen LogP contribution in [0, 0.1) is 0 Å².